The summed E-state index contributed by atoms with van der Waals surface area (Å²) in [5.74, 6) is -0.229. The molecule has 2 aromatic rings. The Morgan fingerprint density at radius 3 is 2.75 bits per heavy atom. The molecule has 1 aliphatic rings. The van der Waals surface area contributed by atoms with Gasteiger partial charge in [-0.25, -0.2) is 0 Å². The molecule has 0 aliphatic carbocycles. The number of fused-ring (bicyclic) bond motifs is 1. The summed E-state index contributed by atoms with van der Waals surface area (Å²) in [5, 5.41) is 5.23. The van der Waals surface area contributed by atoms with Gasteiger partial charge in [0, 0.05) is 20.0 Å². The summed E-state index contributed by atoms with van der Waals surface area (Å²) in [6, 6.07) is 14.1. The molecule has 3 rings (SSSR count). The van der Waals surface area contributed by atoms with Crippen molar-refractivity contribution in [3.05, 3.63) is 48.0 Å². The molecule has 24 heavy (non-hydrogen) atoms. The molecule has 0 bridgehead atoms. The van der Waals surface area contributed by atoms with Crippen LogP contribution in [-0.2, 0) is 20.9 Å². The number of rotatable bonds is 3. The van der Waals surface area contributed by atoms with Crippen LogP contribution in [0.1, 0.15) is 19.4 Å². The molecule has 0 unspecified atom stereocenters. The summed E-state index contributed by atoms with van der Waals surface area (Å²) in [5.41, 5.74) is 0.0541. The summed E-state index contributed by atoms with van der Waals surface area (Å²) >= 11 is 0. The average molecular weight is 326 g/mol. The standard InChI is InChI=1S/C19H22N2O3/c1-14(22)21-10-11-24-19(2,13-21)18(23)20-12-16-8-5-7-15-6-3-4-9-17(15)16/h3-9H,10-13H2,1-2H3,(H,20,23)/t19-/m1/s1. The highest BCUT2D eigenvalue weighted by molar-refractivity contribution is 5.88. The van der Waals surface area contributed by atoms with Crippen molar-refractivity contribution in [2.24, 2.45) is 0 Å². The third kappa shape index (κ3) is 3.26. The molecule has 1 heterocycles. The summed E-state index contributed by atoms with van der Waals surface area (Å²) < 4.78 is 5.68. The third-order valence-corrected chi connectivity index (χ3v) is 4.52. The Bertz CT molecular complexity index is 769. The molecule has 1 aliphatic heterocycles. The van der Waals surface area contributed by atoms with Crippen LogP contribution in [0.5, 0.6) is 0 Å². The zero-order valence-electron chi connectivity index (χ0n) is 14.0. The maximum Gasteiger partial charge on any atom is 0.254 e. The normalized spacial score (nSPS) is 20.8. The van der Waals surface area contributed by atoms with Crippen LogP contribution >= 0.6 is 0 Å². The van der Waals surface area contributed by atoms with Crippen LogP contribution in [0.4, 0.5) is 0 Å². The highest BCUT2D eigenvalue weighted by Crippen LogP contribution is 2.20. The van der Waals surface area contributed by atoms with Crippen LogP contribution in [0, 0.1) is 0 Å². The maximum atomic E-state index is 12.6. The fourth-order valence-electron chi connectivity index (χ4n) is 3.09. The van der Waals surface area contributed by atoms with Crippen molar-refractivity contribution in [1.29, 1.82) is 0 Å². The zero-order valence-corrected chi connectivity index (χ0v) is 14.0. The van der Waals surface area contributed by atoms with Gasteiger partial charge in [-0.2, -0.15) is 0 Å². The number of nitrogens with one attached hydrogen (secondary N) is 1. The number of hydrogen-bond acceptors (Lipinski definition) is 3. The van der Waals surface area contributed by atoms with Crippen LogP contribution < -0.4 is 5.32 Å². The molecule has 0 radical (unpaired) electrons. The SMILES string of the molecule is CC(=O)N1CCO[C@@](C)(C(=O)NCc2cccc3ccccc23)C1. The fourth-order valence-corrected chi connectivity index (χ4v) is 3.09. The lowest BCUT2D eigenvalue weighted by Gasteiger charge is -2.38. The van der Waals surface area contributed by atoms with E-state index in [4.69, 9.17) is 4.74 Å². The minimum absolute atomic E-state index is 0.0358. The molecule has 5 heteroatoms. The Morgan fingerprint density at radius 2 is 1.96 bits per heavy atom. The largest absolute Gasteiger partial charge is 0.362 e. The van der Waals surface area contributed by atoms with Crippen molar-refractivity contribution in [3.8, 4) is 0 Å². The van der Waals surface area contributed by atoms with E-state index in [0.717, 1.165) is 16.3 Å². The molecule has 2 aromatic carbocycles. The third-order valence-electron chi connectivity index (χ3n) is 4.52. The van der Waals surface area contributed by atoms with Crippen molar-refractivity contribution in [2.75, 3.05) is 19.7 Å². The van der Waals surface area contributed by atoms with E-state index in [1.807, 2.05) is 30.3 Å². The van der Waals surface area contributed by atoms with Crippen molar-refractivity contribution in [2.45, 2.75) is 26.0 Å². The van der Waals surface area contributed by atoms with Crippen LogP contribution in [0.15, 0.2) is 42.5 Å². The van der Waals surface area contributed by atoms with E-state index in [1.54, 1.807) is 11.8 Å². The van der Waals surface area contributed by atoms with Gasteiger partial charge in [-0.15, -0.1) is 0 Å². The second kappa shape index (κ2) is 6.61. The Morgan fingerprint density at radius 1 is 1.21 bits per heavy atom. The van der Waals surface area contributed by atoms with Gasteiger partial charge in [0.1, 0.15) is 0 Å². The van der Waals surface area contributed by atoms with Gasteiger partial charge >= 0.3 is 0 Å². The summed E-state index contributed by atoms with van der Waals surface area (Å²) in [7, 11) is 0. The Kier molecular flexibility index (Phi) is 4.53. The van der Waals surface area contributed by atoms with E-state index in [0.29, 0.717) is 19.7 Å². The molecular weight excluding hydrogens is 304 g/mol. The van der Waals surface area contributed by atoms with E-state index in [1.165, 1.54) is 6.92 Å². The smallest absolute Gasteiger partial charge is 0.254 e. The summed E-state index contributed by atoms with van der Waals surface area (Å²) in [6.45, 7) is 4.86. The lowest BCUT2D eigenvalue weighted by molar-refractivity contribution is -0.162. The Labute approximate surface area is 141 Å². The monoisotopic (exact) mass is 326 g/mol. The topological polar surface area (TPSA) is 58.6 Å². The molecule has 0 saturated carbocycles. The molecule has 1 fully saturated rings. The number of amides is 2. The minimum Gasteiger partial charge on any atom is -0.362 e. The van der Waals surface area contributed by atoms with Crippen molar-refractivity contribution in [3.63, 3.8) is 0 Å². The van der Waals surface area contributed by atoms with Gasteiger partial charge in [-0.1, -0.05) is 42.5 Å². The van der Waals surface area contributed by atoms with Gasteiger partial charge in [-0.3, -0.25) is 9.59 Å². The molecule has 1 N–H and O–H groups in total. The first-order valence-electron chi connectivity index (χ1n) is 8.14. The van der Waals surface area contributed by atoms with Gasteiger partial charge in [0.15, 0.2) is 5.60 Å². The predicted molar refractivity (Wildman–Crippen MR) is 92.4 cm³/mol. The number of ether oxygens (including phenoxy) is 1. The molecular formula is C19H22N2O3. The van der Waals surface area contributed by atoms with Gasteiger partial charge in [0.05, 0.1) is 13.2 Å². The molecule has 1 saturated heterocycles. The van der Waals surface area contributed by atoms with Gasteiger partial charge in [-0.05, 0) is 23.3 Å². The average Bonchev–Trinajstić information content (AvgIpc) is 2.59. The molecule has 5 nitrogen and oxygen atoms in total. The first-order chi connectivity index (χ1) is 11.5. The van der Waals surface area contributed by atoms with Crippen LogP contribution in [-0.4, -0.2) is 42.0 Å². The van der Waals surface area contributed by atoms with E-state index >= 15 is 0 Å². The number of hydrogen-bond donors (Lipinski definition) is 1. The zero-order chi connectivity index (χ0) is 17.2. The highest BCUT2D eigenvalue weighted by Gasteiger charge is 2.39. The van der Waals surface area contributed by atoms with Gasteiger partial charge in [0.25, 0.3) is 5.91 Å². The van der Waals surface area contributed by atoms with E-state index in [9.17, 15) is 9.59 Å². The molecule has 1 atom stereocenters. The van der Waals surface area contributed by atoms with Gasteiger partial charge in [0.2, 0.25) is 5.91 Å². The number of carbonyl (C=O) groups excluding carboxylic acids is 2. The second-order valence-corrected chi connectivity index (χ2v) is 6.34. The molecule has 126 valence electrons. The Balaban J connectivity index is 1.71. The highest BCUT2D eigenvalue weighted by atomic mass is 16.5. The minimum atomic E-state index is -1.01. The van der Waals surface area contributed by atoms with Crippen LogP contribution in [0.25, 0.3) is 10.8 Å². The number of morpholine rings is 1. The van der Waals surface area contributed by atoms with E-state index in [2.05, 4.69) is 17.4 Å². The Hall–Kier alpha value is -2.40. The molecule has 0 spiro atoms. The van der Waals surface area contributed by atoms with Crippen molar-refractivity contribution in [1.82, 2.24) is 10.2 Å². The fraction of sp³-hybridized carbons (Fsp3) is 0.368. The number of benzene rings is 2. The number of carbonyl (C=O) groups is 2. The molecule has 2 amide bonds. The lowest BCUT2D eigenvalue weighted by atomic mass is 10.0. The number of nitrogens with zero attached hydrogens (tertiary/aromatic N) is 1. The quantitative estimate of drug-likeness (QED) is 0.940. The van der Waals surface area contributed by atoms with E-state index < -0.39 is 5.60 Å². The van der Waals surface area contributed by atoms with Crippen molar-refractivity contribution >= 4 is 22.6 Å². The van der Waals surface area contributed by atoms with Gasteiger partial charge < -0.3 is 15.0 Å². The first kappa shape index (κ1) is 16.5. The maximum absolute atomic E-state index is 12.6. The van der Waals surface area contributed by atoms with E-state index in [-0.39, 0.29) is 18.4 Å². The van der Waals surface area contributed by atoms with Crippen LogP contribution in [0.2, 0.25) is 0 Å². The summed E-state index contributed by atoms with van der Waals surface area (Å²) in [4.78, 5) is 25.9. The summed E-state index contributed by atoms with van der Waals surface area (Å²) in [6.07, 6.45) is 0. The molecule has 0 aromatic heterocycles. The lowest BCUT2D eigenvalue weighted by Crippen LogP contribution is -2.58. The first-order valence-corrected chi connectivity index (χ1v) is 8.14. The predicted octanol–water partition coefficient (Wildman–Crippen LogP) is 2.09. The second-order valence-electron chi connectivity index (χ2n) is 6.34. The van der Waals surface area contributed by atoms with Crippen LogP contribution in [0.3, 0.4) is 0 Å². The van der Waals surface area contributed by atoms with Crippen molar-refractivity contribution < 1.29 is 14.3 Å².